The summed E-state index contributed by atoms with van der Waals surface area (Å²) >= 11 is 0. The molecule has 7 nitrogen and oxygen atoms in total. The van der Waals surface area contributed by atoms with Crippen LogP contribution in [0.3, 0.4) is 0 Å². The summed E-state index contributed by atoms with van der Waals surface area (Å²) in [4.78, 5) is 12.6. The molecule has 30 heavy (non-hydrogen) atoms. The molecule has 1 aromatic rings. The fourth-order valence-corrected chi connectivity index (χ4v) is 4.84. The topological polar surface area (TPSA) is 52.6 Å². The maximum Gasteiger partial charge on any atom is 0.193 e. The average molecular weight is 416 g/mol. The highest BCUT2D eigenvalue weighted by Gasteiger charge is 2.30. The highest BCUT2D eigenvalue weighted by Crippen LogP contribution is 2.27. The largest absolute Gasteiger partial charge is 0.497 e. The number of rotatable bonds is 6. The molecule has 4 rings (SSSR count). The average Bonchev–Trinajstić information content (AvgIpc) is 3.47. The SMILES string of the molecule is CCNC(=NCC1CCN(c2cccc(OC)c2)C1)N1CCC(N2CCOCC2)C1. The van der Waals surface area contributed by atoms with E-state index in [9.17, 15) is 0 Å². The molecule has 3 saturated heterocycles. The number of nitrogens with one attached hydrogen (secondary N) is 1. The van der Waals surface area contributed by atoms with Gasteiger partial charge in [0.25, 0.3) is 0 Å². The Morgan fingerprint density at radius 2 is 2.03 bits per heavy atom. The number of nitrogens with zero attached hydrogens (tertiary/aromatic N) is 4. The van der Waals surface area contributed by atoms with Gasteiger partial charge in [-0.2, -0.15) is 0 Å². The minimum Gasteiger partial charge on any atom is -0.497 e. The third kappa shape index (κ3) is 5.19. The van der Waals surface area contributed by atoms with Crippen molar-refractivity contribution >= 4 is 11.6 Å². The van der Waals surface area contributed by atoms with E-state index >= 15 is 0 Å². The van der Waals surface area contributed by atoms with Crippen molar-refractivity contribution in [1.29, 1.82) is 0 Å². The second-order valence-electron chi connectivity index (χ2n) is 8.53. The summed E-state index contributed by atoms with van der Waals surface area (Å²) in [5.74, 6) is 2.61. The standard InChI is InChI=1S/C23H37N5O2/c1-3-24-23(28-10-8-21(18-28)26-11-13-30-14-12-26)25-16-19-7-9-27(17-19)20-5-4-6-22(15-20)29-2/h4-6,15,19,21H,3,7-14,16-18H2,1-2H3,(H,24,25). The van der Waals surface area contributed by atoms with Crippen molar-refractivity contribution in [2.24, 2.45) is 10.9 Å². The molecule has 0 amide bonds. The number of morpholine rings is 1. The van der Waals surface area contributed by atoms with Gasteiger partial charge in [-0.1, -0.05) is 6.07 Å². The Morgan fingerprint density at radius 1 is 1.17 bits per heavy atom. The van der Waals surface area contributed by atoms with Gasteiger partial charge in [0.05, 0.1) is 20.3 Å². The quantitative estimate of drug-likeness (QED) is 0.566. The molecular weight excluding hydrogens is 378 g/mol. The van der Waals surface area contributed by atoms with E-state index in [1.807, 2.05) is 6.07 Å². The van der Waals surface area contributed by atoms with Crippen LogP contribution < -0.4 is 15.0 Å². The van der Waals surface area contributed by atoms with Gasteiger partial charge >= 0.3 is 0 Å². The smallest absolute Gasteiger partial charge is 0.193 e. The molecule has 3 fully saturated rings. The van der Waals surface area contributed by atoms with Crippen LogP contribution in [0.25, 0.3) is 0 Å². The van der Waals surface area contributed by atoms with E-state index < -0.39 is 0 Å². The number of likely N-dealkylation sites (tertiary alicyclic amines) is 1. The third-order valence-electron chi connectivity index (χ3n) is 6.56. The second-order valence-corrected chi connectivity index (χ2v) is 8.53. The van der Waals surface area contributed by atoms with Gasteiger partial charge in [-0.3, -0.25) is 9.89 Å². The van der Waals surface area contributed by atoms with Gasteiger partial charge in [-0.05, 0) is 37.8 Å². The summed E-state index contributed by atoms with van der Waals surface area (Å²) in [6.07, 6.45) is 2.41. The van der Waals surface area contributed by atoms with Gasteiger partial charge in [0.15, 0.2) is 5.96 Å². The van der Waals surface area contributed by atoms with Crippen molar-refractivity contribution in [3.8, 4) is 5.75 Å². The van der Waals surface area contributed by atoms with Gasteiger partial charge in [0.1, 0.15) is 5.75 Å². The number of guanidine groups is 1. The zero-order chi connectivity index (χ0) is 20.8. The summed E-state index contributed by atoms with van der Waals surface area (Å²) in [5.41, 5.74) is 1.25. The zero-order valence-electron chi connectivity index (χ0n) is 18.6. The Balaban J connectivity index is 1.32. The first-order valence-corrected chi connectivity index (χ1v) is 11.5. The van der Waals surface area contributed by atoms with Crippen LogP contribution in [-0.2, 0) is 4.74 Å². The molecule has 1 N–H and O–H groups in total. The van der Waals surface area contributed by atoms with Crippen molar-refractivity contribution in [2.75, 3.05) is 77.6 Å². The predicted molar refractivity (Wildman–Crippen MR) is 122 cm³/mol. The van der Waals surface area contributed by atoms with Crippen molar-refractivity contribution < 1.29 is 9.47 Å². The Bertz CT molecular complexity index is 707. The van der Waals surface area contributed by atoms with Crippen molar-refractivity contribution in [3.63, 3.8) is 0 Å². The number of methoxy groups -OCH3 is 1. The van der Waals surface area contributed by atoms with Crippen LogP contribution in [0.15, 0.2) is 29.3 Å². The highest BCUT2D eigenvalue weighted by molar-refractivity contribution is 5.80. The molecule has 0 aromatic heterocycles. The normalized spacial score (nSPS) is 25.7. The molecule has 0 spiro atoms. The molecule has 166 valence electrons. The van der Waals surface area contributed by atoms with Crippen molar-refractivity contribution in [1.82, 2.24) is 15.1 Å². The van der Waals surface area contributed by atoms with E-state index in [0.29, 0.717) is 12.0 Å². The Hall–Kier alpha value is -1.99. The lowest BCUT2D eigenvalue weighted by molar-refractivity contribution is 0.0195. The Labute approximate surface area is 181 Å². The molecule has 3 aliphatic heterocycles. The lowest BCUT2D eigenvalue weighted by Crippen LogP contribution is -2.46. The highest BCUT2D eigenvalue weighted by atomic mass is 16.5. The van der Waals surface area contributed by atoms with E-state index in [-0.39, 0.29) is 0 Å². The van der Waals surface area contributed by atoms with Crippen LogP contribution in [0, 0.1) is 5.92 Å². The van der Waals surface area contributed by atoms with Crippen LogP contribution >= 0.6 is 0 Å². The fraction of sp³-hybridized carbons (Fsp3) is 0.696. The van der Waals surface area contributed by atoms with Crippen LogP contribution in [0.4, 0.5) is 5.69 Å². The zero-order valence-corrected chi connectivity index (χ0v) is 18.6. The van der Waals surface area contributed by atoms with Crippen LogP contribution in [-0.4, -0.2) is 94.5 Å². The predicted octanol–water partition coefficient (Wildman–Crippen LogP) is 1.89. The van der Waals surface area contributed by atoms with E-state index in [1.165, 1.54) is 18.5 Å². The first kappa shape index (κ1) is 21.2. The molecule has 0 bridgehead atoms. The molecular formula is C23H37N5O2. The van der Waals surface area contributed by atoms with E-state index in [2.05, 4.69) is 45.1 Å². The molecule has 0 saturated carbocycles. The Kier molecular flexibility index (Phi) is 7.33. The summed E-state index contributed by atoms with van der Waals surface area (Å²) in [6, 6.07) is 9.01. The van der Waals surface area contributed by atoms with Crippen LogP contribution in [0.2, 0.25) is 0 Å². The number of hydrogen-bond acceptors (Lipinski definition) is 5. The van der Waals surface area contributed by atoms with Gasteiger partial charge in [0.2, 0.25) is 0 Å². The number of aliphatic imine (C=N–C) groups is 1. The maximum absolute atomic E-state index is 5.52. The fourth-order valence-electron chi connectivity index (χ4n) is 4.84. The van der Waals surface area contributed by atoms with Crippen molar-refractivity contribution in [2.45, 2.75) is 25.8 Å². The van der Waals surface area contributed by atoms with Crippen LogP contribution in [0.5, 0.6) is 5.75 Å². The molecule has 3 heterocycles. The van der Waals surface area contributed by atoms with E-state index in [1.54, 1.807) is 7.11 Å². The molecule has 0 aliphatic carbocycles. The molecule has 2 unspecified atom stereocenters. The summed E-state index contributed by atoms with van der Waals surface area (Å²) in [5, 5.41) is 3.53. The minimum absolute atomic E-state index is 0.600. The van der Waals surface area contributed by atoms with Crippen molar-refractivity contribution in [3.05, 3.63) is 24.3 Å². The van der Waals surface area contributed by atoms with E-state index in [4.69, 9.17) is 14.5 Å². The molecule has 1 aromatic carbocycles. The first-order valence-electron chi connectivity index (χ1n) is 11.5. The Morgan fingerprint density at radius 3 is 2.83 bits per heavy atom. The molecule has 7 heteroatoms. The van der Waals surface area contributed by atoms with Gasteiger partial charge in [0, 0.05) is 70.2 Å². The second kappa shape index (κ2) is 10.4. The minimum atomic E-state index is 0.600. The molecule has 3 aliphatic rings. The maximum atomic E-state index is 5.52. The van der Waals surface area contributed by atoms with Gasteiger partial charge in [-0.25, -0.2) is 0 Å². The number of ether oxygens (including phenoxy) is 2. The number of benzene rings is 1. The third-order valence-corrected chi connectivity index (χ3v) is 6.56. The van der Waals surface area contributed by atoms with Gasteiger partial charge < -0.3 is 24.6 Å². The van der Waals surface area contributed by atoms with Gasteiger partial charge in [-0.15, -0.1) is 0 Å². The van der Waals surface area contributed by atoms with E-state index in [0.717, 1.165) is 77.3 Å². The lowest BCUT2D eigenvalue weighted by Gasteiger charge is -2.32. The summed E-state index contributed by atoms with van der Waals surface area (Å²) in [7, 11) is 1.73. The monoisotopic (exact) mass is 415 g/mol. The summed E-state index contributed by atoms with van der Waals surface area (Å²) < 4.78 is 10.9. The molecule has 2 atom stereocenters. The number of hydrogen-bond donors (Lipinski definition) is 1. The first-order chi connectivity index (χ1) is 14.8. The van der Waals surface area contributed by atoms with Crippen LogP contribution in [0.1, 0.15) is 19.8 Å². The summed E-state index contributed by atoms with van der Waals surface area (Å²) in [6.45, 7) is 12.2. The lowest BCUT2D eigenvalue weighted by atomic mass is 10.1. The molecule has 0 radical (unpaired) electrons. The number of anilines is 1.